The van der Waals surface area contributed by atoms with Crippen molar-refractivity contribution in [1.82, 2.24) is 0 Å². The number of hydrogen-bond donors (Lipinski definition) is 0. The van der Waals surface area contributed by atoms with Crippen LogP contribution in [-0.4, -0.2) is 14.7 Å². The van der Waals surface area contributed by atoms with Gasteiger partial charge in [0.1, 0.15) is 18.4 Å². The number of hydrogen-bond acceptors (Lipinski definition) is 4. The highest BCUT2D eigenvalue weighted by Crippen LogP contribution is 2.27. The molecule has 4 nitrogen and oxygen atoms in total. The van der Waals surface area contributed by atoms with Gasteiger partial charge in [0.15, 0.2) is 9.84 Å². The zero-order chi connectivity index (χ0) is 18.6. The molecule has 0 N–H and O–H groups in total. The summed E-state index contributed by atoms with van der Waals surface area (Å²) in [6, 6.07) is 23.9. The van der Waals surface area contributed by atoms with E-state index in [1.165, 1.54) is 6.26 Å². The van der Waals surface area contributed by atoms with Gasteiger partial charge in [-0.15, -0.1) is 0 Å². The number of sulfone groups is 1. The average molecular weight is 363 g/mol. The molecule has 0 saturated heterocycles. The van der Waals surface area contributed by atoms with Gasteiger partial charge in [-0.2, -0.15) is 5.26 Å². The topological polar surface area (TPSA) is 67.2 Å². The summed E-state index contributed by atoms with van der Waals surface area (Å²) in [5.41, 5.74) is 3.12. The summed E-state index contributed by atoms with van der Waals surface area (Å²) in [4.78, 5) is 0.268. The predicted octanol–water partition coefficient (Wildman–Crippen LogP) is 4.21. The van der Waals surface area contributed by atoms with E-state index in [-0.39, 0.29) is 4.90 Å². The molecule has 3 rings (SSSR count). The van der Waals surface area contributed by atoms with Crippen LogP contribution >= 0.6 is 0 Å². The Hall–Kier alpha value is -3.10. The SMILES string of the molecule is CS(=O)(=O)c1ccc(-c2ccc(OCc3ccccc3)c(C#N)c2)cc1. The third-order valence-electron chi connectivity index (χ3n) is 3.95. The lowest BCUT2D eigenvalue weighted by molar-refractivity contribution is 0.305. The smallest absolute Gasteiger partial charge is 0.175 e. The van der Waals surface area contributed by atoms with Crippen LogP contribution in [0.2, 0.25) is 0 Å². The van der Waals surface area contributed by atoms with Gasteiger partial charge in [-0.05, 0) is 41.0 Å². The fourth-order valence-corrected chi connectivity index (χ4v) is 3.18. The summed E-state index contributed by atoms with van der Waals surface area (Å²) in [7, 11) is -3.23. The number of ether oxygens (including phenoxy) is 1. The minimum absolute atomic E-state index is 0.268. The normalized spacial score (nSPS) is 10.9. The van der Waals surface area contributed by atoms with Gasteiger partial charge in [-0.1, -0.05) is 48.5 Å². The van der Waals surface area contributed by atoms with Crippen LogP contribution in [-0.2, 0) is 16.4 Å². The lowest BCUT2D eigenvalue weighted by Crippen LogP contribution is -1.98. The van der Waals surface area contributed by atoms with Gasteiger partial charge in [-0.25, -0.2) is 8.42 Å². The first-order valence-corrected chi connectivity index (χ1v) is 9.88. The van der Waals surface area contributed by atoms with Crippen molar-refractivity contribution in [2.24, 2.45) is 0 Å². The third-order valence-corrected chi connectivity index (χ3v) is 5.08. The van der Waals surface area contributed by atoms with Crippen molar-refractivity contribution >= 4 is 9.84 Å². The van der Waals surface area contributed by atoms with E-state index in [1.54, 1.807) is 36.4 Å². The predicted molar refractivity (Wildman–Crippen MR) is 100 cm³/mol. The standard InChI is InChI=1S/C21H17NO3S/c1-26(23,24)20-10-7-17(8-11-20)18-9-12-21(19(13-18)14-22)25-15-16-5-3-2-4-6-16/h2-13H,15H2,1H3. The van der Waals surface area contributed by atoms with Crippen molar-refractivity contribution in [2.75, 3.05) is 6.26 Å². The Labute approximate surface area is 153 Å². The van der Waals surface area contributed by atoms with E-state index in [4.69, 9.17) is 4.74 Å². The van der Waals surface area contributed by atoms with Crippen molar-refractivity contribution in [1.29, 1.82) is 5.26 Å². The largest absolute Gasteiger partial charge is 0.488 e. The van der Waals surface area contributed by atoms with Gasteiger partial charge < -0.3 is 4.74 Å². The molecule has 26 heavy (non-hydrogen) atoms. The second-order valence-corrected chi connectivity index (χ2v) is 7.91. The van der Waals surface area contributed by atoms with E-state index in [0.717, 1.165) is 16.7 Å². The van der Waals surface area contributed by atoms with E-state index >= 15 is 0 Å². The summed E-state index contributed by atoms with van der Waals surface area (Å²) in [6.07, 6.45) is 1.18. The van der Waals surface area contributed by atoms with Crippen LogP contribution in [0.5, 0.6) is 5.75 Å². The molecule has 0 radical (unpaired) electrons. The molecule has 0 aliphatic rings. The molecular weight excluding hydrogens is 346 g/mol. The van der Waals surface area contributed by atoms with Crippen LogP contribution in [0.4, 0.5) is 0 Å². The van der Waals surface area contributed by atoms with Crippen molar-refractivity contribution in [3.8, 4) is 22.9 Å². The molecule has 0 amide bonds. The molecule has 0 heterocycles. The molecule has 0 fully saturated rings. The Morgan fingerprint density at radius 2 is 1.58 bits per heavy atom. The van der Waals surface area contributed by atoms with E-state index in [0.29, 0.717) is 17.9 Å². The van der Waals surface area contributed by atoms with Crippen LogP contribution < -0.4 is 4.74 Å². The fraction of sp³-hybridized carbons (Fsp3) is 0.0952. The lowest BCUT2D eigenvalue weighted by atomic mass is 10.0. The van der Waals surface area contributed by atoms with Gasteiger partial charge in [-0.3, -0.25) is 0 Å². The van der Waals surface area contributed by atoms with E-state index in [2.05, 4.69) is 6.07 Å². The monoisotopic (exact) mass is 363 g/mol. The molecule has 0 aliphatic carbocycles. The van der Waals surface area contributed by atoms with Crippen LogP contribution in [0, 0.1) is 11.3 Å². The summed E-state index contributed by atoms with van der Waals surface area (Å²) in [6.45, 7) is 0.387. The fourth-order valence-electron chi connectivity index (χ4n) is 2.55. The summed E-state index contributed by atoms with van der Waals surface area (Å²) in [5.74, 6) is 0.521. The highest BCUT2D eigenvalue weighted by atomic mass is 32.2. The van der Waals surface area contributed by atoms with Gasteiger partial charge in [0.05, 0.1) is 10.5 Å². The third kappa shape index (κ3) is 4.11. The molecule has 0 aliphatic heterocycles. The zero-order valence-electron chi connectivity index (χ0n) is 14.2. The number of rotatable bonds is 5. The Bertz CT molecular complexity index is 1050. The number of nitriles is 1. The van der Waals surface area contributed by atoms with Gasteiger partial charge in [0.25, 0.3) is 0 Å². The maximum Gasteiger partial charge on any atom is 0.175 e. The van der Waals surface area contributed by atoms with Crippen LogP contribution in [0.25, 0.3) is 11.1 Å². The molecule has 5 heteroatoms. The highest BCUT2D eigenvalue weighted by molar-refractivity contribution is 7.90. The molecule has 0 spiro atoms. The number of nitrogens with zero attached hydrogens (tertiary/aromatic N) is 1. The zero-order valence-corrected chi connectivity index (χ0v) is 15.0. The molecular formula is C21H17NO3S. The van der Waals surface area contributed by atoms with Gasteiger partial charge in [0, 0.05) is 6.26 Å². The minimum atomic E-state index is -3.23. The maximum absolute atomic E-state index is 11.6. The van der Waals surface area contributed by atoms with Crippen molar-refractivity contribution in [2.45, 2.75) is 11.5 Å². The number of benzene rings is 3. The van der Waals surface area contributed by atoms with Crippen molar-refractivity contribution in [3.63, 3.8) is 0 Å². The first-order chi connectivity index (χ1) is 12.5. The molecule has 0 atom stereocenters. The molecule has 130 valence electrons. The van der Waals surface area contributed by atoms with Crippen LogP contribution in [0.1, 0.15) is 11.1 Å². The Balaban J connectivity index is 1.83. The van der Waals surface area contributed by atoms with Crippen molar-refractivity contribution < 1.29 is 13.2 Å². The average Bonchev–Trinajstić information content (AvgIpc) is 2.66. The Kier molecular flexibility index (Phi) is 5.06. The van der Waals surface area contributed by atoms with E-state index in [1.807, 2.05) is 36.4 Å². The lowest BCUT2D eigenvalue weighted by Gasteiger charge is -2.10. The molecule has 0 saturated carbocycles. The van der Waals surface area contributed by atoms with Gasteiger partial charge in [0.2, 0.25) is 0 Å². The summed E-state index contributed by atoms with van der Waals surface area (Å²) < 4.78 is 28.9. The maximum atomic E-state index is 11.6. The second kappa shape index (κ2) is 7.42. The van der Waals surface area contributed by atoms with Crippen LogP contribution in [0.15, 0.2) is 77.7 Å². The van der Waals surface area contributed by atoms with Crippen LogP contribution in [0.3, 0.4) is 0 Å². The van der Waals surface area contributed by atoms with Gasteiger partial charge >= 0.3 is 0 Å². The first kappa shape index (κ1) is 17.7. The highest BCUT2D eigenvalue weighted by Gasteiger charge is 2.09. The van der Waals surface area contributed by atoms with E-state index in [9.17, 15) is 13.7 Å². The Morgan fingerprint density at radius 1 is 0.923 bits per heavy atom. The summed E-state index contributed by atoms with van der Waals surface area (Å²) in [5, 5.41) is 9.43. The van der Waals surface area contributed by atoms with Crippen molar-refractivity contribution in [3.05, 3.63) is 83.9 Å². The Morgan fingerprint density at radius 3 is 2.19 bits per heavy atom. The quantitative estimate of drug-likeness (QED) is 0.681. The minimum Gasteiger partial charge on any atom is -0.488 e. The first-order valence-electron chi connectivity index (χ1n) is 7.99. The second-order valence-electron chi connectivity index (χ2n) is 5.89. The summed E-state index contributed by atoms with van der Waals surface area (Å²) >= 11 is 0. The molecule has 0 bridgehead atoms. The molecule has 3 aromatic carbocycles. The molecule has 0 aromatic heterocycles. The molecule has 0 unspecified atom stereocenters. The van der Waals surface area contributed by atoms with E-state index < -0.39 is 9.84 Å². The molecule has 3 aromatic rings.